The zero-order valence-electron chi connectivity index (χ0n) is 16.1. The number of hydrogen-bond donors (Lipinski definition) is 2. The van der Waals surface area contributed by atoms with Crippen LogP contribution in [0.2, 0.25) is 0 Å². The number of rotatable bonds is 7. The first-order valence-electron chi connectivity index (χ1n) is 9.36. The Morgan fingerprint density at radius 3 is 2.64 bits per heavy atom. The number of nitrogens with one attached hydrogen (secondary N) is 2. The number of aromatic nitrogens is 2. The van der Waals surface area contributed by atoms with Crippen LogP contribution in [0.5, 0.6) is 0 Å². The lowest BCUT2D eigenvalue weighted by Gasteiger charge is -2.26. The van der Waals surface area contributed by atoms with Crippen molar-refractivity contribution in [3.63, 3.8) is 0 Å². The Bertz CT molecular complexity index is 1040. The zero-order valence-corrected chi connectivity index (χ0v) is 16.1. The molecule has 1 aromatic heterocycles. The van der Waals surface area contributed by atoms with Crippen molar-refractivity contribution in [2.75, 3.05) is 6.54 Å². The number of hydrogen-bond acceptors (Lipinski definition) is 3. The fraction of sp³-hybridized carbons (Fsp3) is 0.318. The number of benzene rings is 2. The normalized spacial score (nSPS) is 11.5. The maximum absolute atomic E-state index is 14.0. The van der Waals surface area contributed by atoms with Gasteiger partial charge in [0.15, 0.2) is 0 Å². The van der Waals surface area contributed by atoms with E-state index in [9.17, 15) is 14.0 Å². The summed E-state index contributed by atoms with van der Waals surface area (Å²) in [4.78, 5) is 31.5. The van der Waals surface area contributed by atoms with Gasteiger partial charge >= 0.3 is 0 Å². The van der Waals surface area contributed by atoms with Crippen molar-refractivity contribution in [1.29, 1.82) is 0 Å². The number of H-pyrrole nitrogens is 1. The number of aryl methyl sites for hydroxylation is 1. The molecule has 0 aliphatic rings. The molecule has 6 heteroatoms. The summed E-state index contributed by atoms with van der Waals surface area (Å²) in [6.07, 6.45) is 1.38. The number of amides is 1. The molecule has 2 N–H and O–H groups in total. The van der Waals surface area contributed by atoms with Crippen LogP contribution in [0, 0.1) is 5.82 Å². The molecule has 5 nitrogen and oxygen atoms in total. The SMILES string of the molecule is CC(C)(CNC(=O)CCCc1nc2ccccc2c(=O)[nH]1)c1ccccc1F. The highest BCUT2D eigenvalue weighted by molar-refractivity contribution is 5.77. The standard InChI is InChI=1S/C22H24FN3O2/c1-22(2,16-9-4-5-10-17(16)23)14-24-20(27)13-7-12-19-25-18-11-6-3-8-15(18)21(28)26-19/h3-6,8-11H,7,12-14H2,1-2H3,(H,24,27)(H,25,26,28). The molecule has 146 valence electrons. The largest absolute Gasteiger partial charge is 0.355 e. The van der Waals surface area contributed by atoms with Crippen LogP contribution in [-0.4, -0.2) is 22.4 Å². The second-order valence-corrected chi connectivity index (χ2v) is 7.52. The monoisotopic (exact) mass is 381 g/mol. The van der Waals surface area contributed by atoms with Crippen LogP contribution >= 0.6 is 0 Å². The second-order valence-electron chi connectivity index (χ2n) is 7.52. The highest BCUT2D eigenvalue weighted by Gasteiger charge is 2.24. The summed E-state index contributed by atoms with van der Waals surface area (Å²) < 4.78 is 14.0. The molecular weight excluding hydrogens is 357 g/mol. The lowest BCUT2D eigenvalue weighted by Crippen LogP contribution is -2.37. The van der Waals surface area contributed by atoms with Crippen molar-refractivity contribution >= 4 is 16.8 Å². The van der Waals surface area contributed by atoms with Gasteiger partial charge in [-0.25, -0.2) is 9.37 Å². The predicted molar refractivity (Wildman–Crippen MR) is 108 cm³/mol. The van der Waals surface area contributed by atoms with E-state index in [-0.39, 0.29) is 17.3 Å². The molecule has 0 saturated heterocycles. The van der Waals surface area contributed by atoms with Crippen LogP contribution in [0.25, 0.3) is 10.9 Å². The van der Waals surface area contributed by atoms with Crippen molar-refractivity contribution < 1.29 is 9.18 Å². The van der Waals surface area contributed by atoms with Gasteiger partial charge < -0.3 is 10.3 Å². The Morgan fingerprint density at radius 1 is 1.14 bits per heavy atom. The van der Waals surface area contributed by atoms with E-state index >= 15 is 0 Å². The van der Waals surface area contributed by atoms with E-state index in [2.05, 4.69) is 15.3 Å². The molecule has 3 aromatic rings. The molecule has 0 saturated carbocycles. The molecule has 1 amide bonds. The molecule has 0 radical (unpaired) electrons. The fourth-order valence-corrected chi connectivity index (χ4v) is 3.18. The maximum atomic E-state index is 14.0. The summed E-state index contributed by atoms with van der Waals surface area (Å²) >= 11 is 0. The van der Waals surface area contributed by atoms with Gasteiger partial charge in [-0.1, -0.05) is 44.2 Å². The van der Waals surface area contributed by atoms with Crippen LogP contribution in [0.3, 0.4) is 0 Å². The summed E-state index contributed by atoms with van der Waals surface area (Å²) in [6, 6.07) is 13.8. The predicted octanol–water partition coefficient (Wildman–Crippen LogP) is 3.48. The Labute approximate surface area is 163 Å². The molecule has 2 aromatic carbocycles. The molecular formula is C22H24FN3O2. The molecule has 0 atom stereocenters. The molecule has 3 rings (SSSR count). The minimum atomic E-state index is -0.508. The summed E-state index contributed by atoms with van der Waals surface area (Å²) in [5, 5.41) is 3.43. The number of para-hydroxylation sites is 1. The molecule has 0 aliphatic heterocycles. The quantitative estimate of drug-likeness (QED) is 0.658. The highest BCUT2D eigenvalue weighted by Crippen LogP contribution is 2.24. The van der Waals surface area contributed by atoms with E-state index in [0.29, 0.717) is 48.1 Å². The Kier molecular flexibility index (Phi) is 5.87. The van der Waals surface area contributed by atoms with Crippen molar-refractivity contribution in [2.45, 2.75) is 38.5 Å². The van der Waals surface area contributed by atoms with E-state index in [1.807, 2.05) is 19.9 Å². The van der Waals surface area contributed by atoms with Gasteiger partial charge in [0.25, 0.3) is 5.56 Å². The summed E-state index contributed by atoms with van der Waals surface area (Å²) in [7, 11) is 0. The van der Waals surface area contributed by atoms with Crippen LogP contribution in [0.4, 0.5) is 4.39 Å². The summed E-state index contributed by atoms with van der Waals surface area (Å²) in [5.41, 5.74) is 0.550. The number of nitrogens with zero attached hydrogens (tertiary/aromatic N) is 1. The Morgan fingerprint density at radius 2 is 1.86 bits per heavy atom. The van der Waals surface area contributed by atoms with Gasteiger partial charge in [-0.15, -0.1) is 0 Å². The molecule has 0 unspecified atom stereocenters. The molecule has 28 heavy (non-hydrogen) atoms. The smallest absolute Gasteiger partial charge is 0.258 e. The van der Waals surface area contributed by atoms with E-state index in [1.165, 1.54) is 6.07 Å². The first-order valence-corrected chi connectivity index (χ1v) is 9.36. The molecule has 0 spiro atoms. The van der Waals surface area contributed by atoms with Crippen LogP contribution in [0.15, 0.2) is 53.3 Å². The van der Waals surface area contributed by atoms with Gasteiger partial charge in [-0.05, 0) is 30.2 Å². The number of fused-ring (bicyclic) bond motifs is 1. The third-order valence-electron chi connectivity index (χ3n) is 4.81. The number of carbonyl (C=O) groups excluding carboxylic acids is 1. The molecule has 0 bridgehead atoms. The third-order valence-corrected chi connectivity index (χ3v) is 4.81. The second kappa shape index (κ2) is 8.33. The van der Waals surface area contributed by atoms with E-state index < -0.39 is 5.41 Å². The van der Waals surface area contributed by atoms with Gasteiger partial charge in [0.1, 0.15) is 11.6 Å². The number of carbonyl (C=O) groups is 1. The van der Waals surface area contributed by atoms with Crippen molar-refractivity contribution in [3.05, 3.63) is 76.1 Å². The molecule has 0 aliphatic carbocycles. The van der Waals surface area contributed by atoms with Crippen molar-refractivity contribution in [2.24, 2.45) is 0 Å². The van der Waals surface area contributed by atoms with Crippen LogP contribution in [-0.2, 0) is 16.6 Å². The van der Waals surface area contributed by atoms with Gasteiger partial charge in [-0.2, -0.15) is 0 Å². The summed E-state index contributed by atoms with van der Waals surface area (Å²) in [6.45, 7) is 4.14. The minimum absolute atomic E-state index is 0.104. The third kappa shape index (κ3) is 4.63. The van der Waals surface area contributed by atoms with Gasteiger partial charge in [0.05, 0.1) is 10.9 Å². The van der Waals surface area contributed by atoms with Crippen LogP contribution in [0.1, 0.15) is 38.1 Å². The van der Waals surface area contributed by atoms with Crippen LogP contribution < -0.4 is 10.9 Å². The number of aromatic amines is 1. The highest BCUT2D eigenvalue weighted by atomic mass is 19.1. The molecule has 1 heterocycles. The van der Waals surface area contributed by atoms with Crippen molar-refractivity contribution in [1.82, 2.24) is 15.3 Å². The average Bonchev–Trinajstić information content (AvgIpc) is 2.67. The van der Waals surface area contributed by atoms with Gasteiger partial charge in [-0.3, -0.25) is 9.59 Å². The Balaban J connectivity index is 1.52. The van der Waals surface area contributed by atoms with Gasteiger partial charge in [0, 0.05) is 24.8 Å². The fourth-order valence-electron chi connectivity index (χ4n) is 3.18. The minimum Gasteiger partial charge on any atom is -0.355 e. The summed E-state index contributed by atoms with van der Waals surface area (Å²) in [5.74, 6) is 0.198. The van der Waals surface area contributed by atoms with E-state index in [1.54, 1.807) is 36.4 Å². The lowest BCUT2D eigenvalue weighted by molar-refractivity contribution is -0.121. The first kappa shape index (κ1) is 19.7. The van der Waals surface area contributed by atoms with E-state index in [4.69, 9.17) is 0 Å². The zero-order chi connectivity index (χ0) is 20.1. The lowest BCUT2D eigenvalue weighted by atomic mass is 9.84. The first-order chi connectivity index (χ1) is 13.4. The van der Waals surface area contributed by atoms with Gasteiger partial charge in [0.2, 0.25) is 5.91 Å². The molecule has 0 fully saturated rings. The topological polar surface area (TPSA) is 74.8 Å². The number of halogens is 1. The van der Waals surface area contributed by atoms with Crippen molar-refractivity contribution in [3.8, 4) is 0 Å². The maximum Gasteiger partial charge on any atom is 0.258 e. The average molecular weight is 381 g/mol. The Hall–Kier alpha value is -3.02. The van der Waals surface area contributed by atoms with E-state index in [0.717, 1.165) is 0 Å².